The van der Waals surface area contributed by atoms with E-state index in [4.69, 9.17) is 5.73 Å². The molecule has 1 aliphatic carbocycles. The summed E-state index contributed by atoms with van der Waals surface area (Å²) in [5, 5.41) is 3.57. The topological polar surface area (TPSA) is 38.0 Å². The van der Waals surface area contributed by atoms with Gasteiger partial charge in [-0.2, -0.15) is 0 Å². The van der Waals surface area contributed by atoms with Crippen LogP contribution < -0.4 is 11.1 Å². The van der Waals surface area contributed by atoms with Crippen molar-refractivity contribution in [1.82, 2.24) is 0 Å². The van der Waals surface area contributed by atoms with Gasteiger partial charge in [-0.15, -0.1) is 0 Å². The zero-order valence-electron chi connectivity index (χ0n) is 10.3. The number of rotatable bonds is 2. The fraction of sp³-hybridized carbons (Fsp3) is 0.571. The van der Waals surface area contributed by atoms with E-state index in [0.717, 1.165) is 17.3 Å². The molecule has 0 amide bonds. The lowest BCUT2D eigenvalue weighted by Gasteiger charge is -2.28. The molecule has 0 spiro atoms. The second-order valence-corrected chi connectivity index (χ2v) is 5.19. The molecule has 0 aromatic heterocycles. The molecule has 0 heterocycles. The second-order valence-electron chi connectivity index (χ2n) is 5.19. The maximum Gasteiger partial charge on any atom is 0.0576 e. The first kappa shape index (κ1) is 11.3. The fourth-order valence-corrected chi connectivity index (χ4v) is 2.44. The van der Waals surface area contributed by atoms with Crippen molar-refractivity contribution >= 4 is 11.4 Å². The maximum atomic E-state index is 6.00. The van der Waals surface area contributed by atoms with Crippen LogP contribution in [0.2, 0.25) is 0 Å². The summed E-state index contributed by atoms with van der Waals surface area (Å²) in [5.74, 6) is 0.897. The monoisotopic (exact) mass is 218 g/mol. The summed E-state index contributed by atoms with van der Waals surface area (Å²) in [5.41, 5.74) is 9.20. The summed E-state index contributed by atoms with van der Waals surface area (Å²) in [6, 6.07) is 6.86. The van der Waals surface area contributed by atoms with Gasteiger partial charge < -0.3 is 11.1 Å². The van der Waals surface area contributed by atoms with Crippen molar-refractivity contribution in [1.29, 1.82) is 0 Å². The van der Waals surface area contributed by atoms with Crippen LogP contribution in [0.3, 0.4) is 0 Å². The van der Waals surface area contributed by atoms with Crippen LogP contribution in [-0.4, -0.2) is 6.04 Å². The van der Waals surface area contributed by atoms with Crippen molar-refractivity contribution in [3.63, 3.8) is 0 Å². The minimum Gasteiger partial charge on any atom is -0.397 e. The minimum absolute atomic E-state index is 0.612. The fourth-order valence-electron chi connectivity index (χ4n) is 2.44. The van der Waals surface area contributed by atoms with Crippen LogP contribution in [0.5, 0.6) is 0 Å². The molecule has 2 heteroatoms. The lowest BCUT2D eigenvalue weighted by molar-refractivity contribution is 0.361. The first-order valence-corrected chi connectivity index (χ1v) is 6.28. The van der Waals surface area contributed by atoms with E-state index in [1.54, 1.807) is 0 Å². The molecular formula is C14H22N2. The number of anilines is 2. The van der Waals surface area contributed by atoms with E-state index >= 15 is 0 Å². The van der Waals surface area contributed by atoms with E-state index < -0.39 is 0 Å². The quantitative estimate of drug-likeness (QED) is 0.745. The van der Waals surface area contributed by atoms with Gasteiger partial charge in [0, 0.05) is 6.04 Å². The van der Waals surface area contributed by atoms with Crippen molar-refractivity contribution < 1.29 is 0 Å². The van der Waals surface area contributed by atoms with E-state index in [-0.39, 0.29) is 0 Å². The van der Waals surface area contributed by atoms with Gasteiger partial charge in [-0.25, -0.2) is 0 Å². The number of nitrogens with two attached hydrogens (primary N) is 1. The standard InChI is InChI=1S/C14H22N2/c1-10-3-6-12(7-4-10)16-14-8-5-11(2)9-13(14)15/h5,8-10,12,16H,3-4,6-7,15H2,1-2H3. The lowest BCUT2D eigenvalue weighted by atomic mass is 9.87. The molecule has 1 aromatic rings. The Hall–Kier alpha value is -1.18. The van der Waals surface area contributed by atoms with Crippen LogP contribution in [0.1, 0.15) is 38.2 Å². The summed E-state index contributed by atoms with van der Waals surface area (Å²) in [7, 11) is 0. The van der Waals surface area contributed by atoms with Crippen molar-refractivity contribution in [2.75, 3.05) is 11.1 Å². The Kier molecular flexibility index (Phi) is 3.37. The predicted octanol–water partition coefficient (Wildman–Crippen LogP) is 3.57. The molecule has 1 aliphatic rings. The average Bonchev–Trinajstić information content (AvgIpc) is 2.25. The minimum atomic E-state index is 0.612. The zero-order valence-corrected chi connectivity index (χ0v) is 10.3. The molecule has 0 aliphatic heterocycles. The van der Waals surface area contributed by atoms with Crippen LogP contribution in [-0.2, 0) is 0 Å². The number of benzene rings is 1. The van der Waals surface area contributed by atoms with Gasteiger partial charge in [0.2, 0.25) is 0 Å². The van der Waals surface area contributed by atoms with Gasteiger partial charge >= 0.3 is 0 Å². The van der Waals surface area contributed by atoms with Crippen LogP contribution in [0.15, 0.2) is 18.2 Å². The Morgan fingerprint density at radius 3 is 2.50 bits per heavy atom. The molecular weight excluding hydrogens is 196 g/mol. The molecule has 88 valence electrons. The molecule has 1 saturated carbocycles. The van der Waals surface area contributed by atoms with Gasteiger partial charge in [0.05, 0.1) is 11.4 Å². The SMILES string of the molecule is Cc1ccc(NC2CCC(C)CC2)c(N)c1. The highest BCUT2D eigenvalue weighted by atomic mass is 14.9. The summed E-state index contributed by atoms with van der Waals surface area (Å²) < 4.78 is 0. The predicted molar refractivity (Wildman–Crippen MR) is 70.6 cm³/mol. The third-order valence-electron chi connectivity index (χ3n) is 3.58. The number of hydrogen-bond acceptors (Lipinski definition) is 2. The molecule has 0 bridgehead atoms. The van der Waals surface area contributed by atoms with E-state index in [9.17, 15) is 0 Å². The third kappa shape index (κ3) is 2.69. The summed E-state index contributed by atoms with van der Waals surface area (Å²) in [6.45, 7) is 4.42. The number of aryl methyl sites for hydroxylation is 1. The van der Waals surface area contributed by atoms with Gasteiger partial charge in [-0.05, 0) is 56.2 Å². The first-order chi connectivity index (χ1) is 7.65. The second kappa shape index (κ2) is 4.77. The largest absolute Gasteiger partial charge is 0.397 e. The van der Waals surface area contributed by atoms with Gasteiger partial charge in [0.25, 0.3) is 0 Å². The Balaban J connectivity index is 1.98. The third-order valence-corrected chi connectivity index (χ3v) is 3.58. The molecule has 0 radical (unpaired) electrons. The smallest absolute Gasteiger partial charge is 0.0576 e. The van der Waals surface area contributed by atoms with Crippen molar-refractivity contribution in [2.24, 2.45) is 5.92 Å². The normalized spacial score (nSPS) is 25.4. The Bertz CT molecular complexity index is 352. The molecule has 0 saturated heterocycles. The number of nitrogen functional groups attached to an aromatic ring is 1. The van der Waals surface area contributed by atoms with Crippen molar-refractivity contribution in [3.8, 4) is 0 Å². The highest BCUT2D eigenvalue weighted by Crippen LogP contribution is 2.28. The Labute approximate surface area is 98.2 Å². The van der Waals surface area contributed by atoms with Crippen LogP contribution in [0.4, 0.5) is 11.4 Å². The average molecular weight is 218 g/mol. The zero-order chi connectivity index (χ0) is 11.5. The Morgan fingerprint density at radius 2 is 1.88 bits per heavy atom. The van der Waals surface area contributed by atoms with Crippen LogP contribution in [0.25, 0.3) is 0 Å². The molecule has 1 aromatic carbocycles. The molecule has 2 nitrogen and oxygen atoms in total. The van der Waals surface area contributed by atoms with Gasteiger partial charge in [0.15, 0.2) is 0 Å². The molecule has 0 atom stereocenters. The lowest BCUT2D eigenvalue weighted by Crippen LogP contribution is -2.25. The molecule has 2 rings (SSSR count). The Morgan fingerprint density at radius 1 is 1.19 bits per heavy atom. The van der Waals surface area contributed by atoms with E-state index in [0.29, 0.717) is 6.04 Å². The first-order valence-electron chi connectivity index (χ1n) is 6.28. The summed E-state index contributed by atoms with van der Waals surface area (Å²) in [6.07, 6.45) is 5.22. The number of nitrogens with one attached hydrogen (secondary N) is 1. The van der Waals surface area contributed by atoms with E-state index in [1.807, 2.05) is 6.07 Å². The summed E-state index contributed by atoms with van der Waals surface area (Å²) >= 11 is 0. The van der Waals surface area contributed by atoms with E-state index in [2.05, 4.69) is 31.3 Å². The van der Waals surface area contributed by atoms with Gasteiger partial charge in [0.1, 0.15) is 0 Å². The van der Waals surface area contributed by atoms with Crippen molar-refractivity contribution in [2.45, 2.75) is 45.6 Å². The van der Waals surface area contributed by atoms with Crippen LogP contribution >= 0.6 is 0 Å². The molecule has 1 fully saturated rings. The maximum absolute atomic E-state index is 6.00. The molecule has 0 unspecified atom stereocenters. The highest BCUT2D eigenvalue weighted by molar-refractivity contribution is 5.67. The molecule has 16 heavy (non-hydrogen) atoms. The summed E-state index contributed by atoms with van der Waals surface area (Å²) in [4.78, 5) is 0. The van der Waals surface area contributed by atoms with Gasteiger partial charge in [-0.3, -0.25) is 0 Å². The van der Waals surface area contributed by atoms with Gasteiger partial charge in [-0.1, -0.05) is 13.0 Å². The number of hydrogen-bond donors (Lipinski definition) is 2. The molecule has 3 N–H and O–H groups in total. The van der Waals surface area contributed by atoms with E-state index in [1.165, 1.54) is 31.2 Å². The van der Waals surface area contributed by atoms with Crippen molar-refractivity contribution in [3.05, 3.63) is 23.8 Å². The highest BCUT2D eigenvalue weighted by Gasteiger charge is 2.18. The van der Waals surface area contributed by atoms with Crippen LogP contribution in [0, 0.1) is 12.8 Å².